The van der Waals surface area contributed by atoms with Crippen molar-refractivity contribution in [2.75, 3.05) is 6.54 Å². The van der Waals surface area contributed by atoms with Gasteiger partial charge >= 0.3 is 5.97 Å². The van der Waals surface area contributed by atoms with E-state index in [0.29, 0.717) is 18.0 Å². The van der Waals surface area contributed by atoms with Crippen molar-refractivity contribution >= 4 is 33.5 Å². The largest absolute Gasteiger partial charge is 0.480 e. The van der Waals surface area contributed by atoms with E-state index in [0.717, 1.165) is 23.0 Å². The Balaban J connectivity index is 2.21. The summed E-state index contributed by atoms with van der Waals surface area (Å²) in [5.41, 5.74) is 0.199. The van der Waals surface area contributed by atoms with Crippen molar-refractivity contribution in [3.05, 3.63) is 33.3 Å². The van der Waals surface area contributed by atoms with Gasteiger partial charge in [0.2, 0.25) is 0 Å². The highest BCUT2D eigenvalue weighted by Gasteiger charge is 2.43. The van der Waals surface area contributed by atoms with Gasteiger partial charge in [-0.25, -0.2) is 0 Å². The Kier molecular flexibility index (Phi) is 3.99. The summed E-state index contributed by atoms with van der Waals surface area (Å²) in [5.74, 6) is -0.756. The van der Waals surface area contributed by atoms with Gasteiger partial charge in [0, 0.05) is 16.0 Å². The van der Waals surface area contributed by atoms with E-state index >= 15 is 0 Å². The summed E-state index contributed by atoms with van der Waals surface area (Å²) in [6.07, 6.45) is 1.60. The van der Waals surface area contributed by atoms with Crippen LogP contribution >= 0.6 is 27.5 Å². The number of carboxylic acid groups (broad SMARTS) is 1. The summed E-state index contributed by atoms with van der Waals surface area (Å²) < 4.78 is 0.929. The molecule has 1 unspecified atom stereocenters. The lowest BCUT2D eigenvalue weighted by Gasteiger charge is -2.31. The van der Waals surface area contributed by atoms with E-state index in [1.165, 1.54) is 0 Å². The van der Waals surface area contributed by atoms with Gasteiger partial charge in [-0.3, -0.25) is 9.69 Å². The third-order valence-electron chi connectivity index (χ3n) is 3.63. The van der Waals surface area contributed by atoms with Crippen LogP contribution in [0.25, 0.3) is 0 Å². The van der Waals surface area contributed by atoms with Gasteiger partial charge < -0.3 is 5.11 Å². The first-order chi connectivity index (χ1) is 8.43. The Labute approximate surface area is 120 Å². The normalized spacial score (nSPS) is 24.4. The molecule has 1 saturated heterocycles. The highest BCUT2D eigenvalue weighted by atomic mass is 79.9. The summed E-state index contributed by atoms with van der Waals surface area (Å²) in [6, 6.07) is 5.70. The number of likely N-dealkylation sites (tertiary alicyclic amines) is 1. The third kappa shape index (κ3) is 2.56. The smallest absolute Gasteiger partial charge is 0.323 e. The first-order valence-electron chi connectivity index (χ1n) is 5.86. The fourth-order valence-corrected chi connectivity index (χ4v) is 3.10. The maximum atomic E-state index is 11.4. The number of benzene rings is 1. The Hall–Kier alpha value is -0.580. The average molecular weight is 333 g/mol. The zero-order chi connectivity index (χ0) is 13.3. The van der Waals surface area contributed by atoms with Crippen LogP contribution in [0.2, 0.25) is 5.02 Å². The molecular weight excluding hydrogens is 318 g/mol. The van der Waals surface area contributed by atoms with Gasteiger partial charge in [-0.2, -0.15) is 0 Å². The van der Waals surface area contributed by atoms with Crippen molar-refractivity contribution in [2.24, 2.45) is 0 Å². The summed E-state index contributed by atoms with van der Waals surface area (Å²) in [7, 11) is 0. The van der Waals surface area contributed by atoms with Crippen molar-refractivity contribution in [1.82, 2.24) is 4.90 Å². The van der Waals surface area contributed by atoms with Crippen molar-refractivity contribution in [3.63, 3.8) is 0 Å². The molecule has 1 aliphatic heterocycles. The number of carboxylic acids is 1. The van der Waals surface area contributed by atoms with Crippen molar-refractivity contribution in [3.8, 4) is 0 Å². The van der Waals surface area contributed by atoms with Gasteiger partial charge in [0.15, 0.2) is 0 Å². The van der Waals surface area contributed by atoms with Gasteiger partial charge in [-0.15, -0.1) is 0 Å². The van der Waals surface area contributed by atoms with Crippen LogP contribution in [0.4, 0.5) is 0 Å². The summed E-state index contributed by atoms with van der Waals surface area (Å²) in [6.45, 7) is 3.17. The van der Waals surface area contributed by atoms with Gasteiger partial charge in [0.1, 0.15) is 5.54 Å². The standard InChI is InChI=1S/C13H15BrClNO2/c1-13(12(17)18)5-2-6-16(13)8-9-3-4-10(14)7-11(9)15/h3-4,7H,2,5-6,8H2,1H3,(H,17,18). The molecule has 18 heavy (non-hydrogen) atoms. The lowest BCUT2D eigenvalue weighted by Crippen LogP contribution is -2.47. The van der Waals surface area contributed by atoms with Gasteiger partial charge in [-0.1, -0.05) is 33.6 Å². The van der Waals surface area contributed by atoms with Gasteiger partial charge in [-0.05, 0) is 44.0 Å². The van der Waals surface area contributed by atoms with Crippen LogP contribution in [0.5, 0.6) is 0 Å². The Morgan fingerprint density at radius 1 is 1.61 bits per heavy atom. The molecular formula is C13H15BrClNO2. The first-order valence-corrected chi connectivity index (χ1v) is 7.03. The van der Waals surface area contributed by atoms with E-state index in [1.807, 2.05) is 23.1 Å². The molecule has 1 aliphatic rings. The highest BCUT2D eigenvalue weighted by Crippen LogP contribution is 2.32. The van der Waals surface area contributed by atoms with Crippen LogP contribution in [0.15, 0.2) is 22.7 Å². The van der Waals surface area contributed by atoms with Crippen LogP contribution in [0.1, 0.15) is 25.3 Å². The quantitative estimate of drug-likeness (QED) is 0.920. The van der Waals surface area contributed by atoms with Gasteiger partial charge in [0.05, 0.1) is 0 Å². The number of rotatable bonds is 3. The number of aliphatic carboxylic acids is 1. The molecule has 0 amide bonds. The molecule has 2 rings (SSSR count). The topological polar surface area (TPSA) is 40.5 Å². The minimum Gasteiger partial charge on any atom is -0.480 e. The number of carbonyl (C=O) groups is 1. The van der Waals surface area contributed by atoms with Crippen LogP contribution in [0, 0.1) is 0 Å². The third-order valence-corrected chi connectivity index (χ3v) is 4.47. The molecule has 0 spiro atoms. The molecule has 1 fully saturated rings. The lowest BCUT2D eigenvalue weighted by molar-refractivity contribution is -0.148. The predicted octanol–water partition coefficient (Wildman–Crippen LogP) is 3.54. The highest BCUT2D eigenvalue weighted by molar-refractivity contribution is 9.10. The number of nitrogens with zero attached hydrogens (tertiary/aromatic N) is 1. The zero-order valence-corrected chi connectivity index (χ0v) is 12.5. The molecule has 0 aromatic heterocycles. The van der Waals surface area contributed by atoms with Crippen LogP contribution in [0.3, 0.4) is 0 Å². The lowest BCUT2D eigenvalue weighted by atomic mass is 9.99. The maximum absolute atomic E-state index is 11.4. The molecule has 3 nitrogen and oxygen atoms in total. The SMILES string of the molecule is CC1(C(=O)O)CCCN1Cc1ccc(Br)cc1Cl. The van der Waals surface area contributed by atoms with Gasteiger partial charge in [0.25, 0.3) is 0 Å². The van der Waals surface area contributed by atoms with Crippen molar-refractivity contribution in [2.45, 2.75) is 31.8 Å². The second-order valence-corrected chi connectivity index (χ2v) is 6.16. The fraction of sp³-hybridized carbons (Fsp3) is 0.462. The van der Waals surface area contributed by atoms with E-state index in [4.69, 9.17) is 11.6 Å². The van der Waals surface area contributed by atoms with Crippen LogP contribution in [-0.2, 0) is 11.3 Å². The van der Waals surface area contributed by atoms with E-state index in [-0.39, 0.29) is 0 Å². The molecule has 0 bridgehead atoms. The second kappa shape index (κ2) is 5.19. The molecule has 0 radical (unpaired) electrons. The summed E-state index contributed by atoms with van der Waals surface area (Å²) >= 11 is 9.54. The summed E-state index contributed by atoms with van der Waals surface area (Å²) in [5, 5.41) is 10.0. The minimum absolute atomic E-state index is 0.578. The predicted molar refractivity (Wildman–Crippen MR) is 74.8 cm³/mol. The molecule has 0 aliphatic carbocycles. The molecule has 5 heteroatoms. The monoisotopic (exact) mass is 331 g/mol. The first kappa shape index (κ1) is 13.8. The van der Waals surface area contributed by atoms with Crippen LogP contribution in [-0.4, -0.2) is 28.1 Å². The maximum Gasteiger partial charge on any atom is 0.323 e. The number of hydrogen-bond acceptors (Lipinski definition) is 2. The number of hydrogen-bond donors (Lipinski definition) is 1. The Morgan fingerprint density at radius 2 is 2.33 bits per heavy atom. The zero-order valence-electron chi connectivity index (χ0n) is 10.1. The Morgan fingerprint density at radius 3 is 2.94 bits per heavy atom. The molecule has 1 atom stereocenters. The average Bonchev–Trinajstić information content (AvgIpc) is 2.66. The minimum atomic E-state index is -0.767. The summed E-state index contributed by atoms with van der Waals surface area (Å²) in [4.78, 5) is 13.4. The fourth-order valence-electron chi connectivity index (χ4n) is 2.37. The molecule has 1 aromatic carbocycles. The Bertz CT molecular complexity index is 480. The van der Waals surface area contributed by atoms with Crippen LogP contribution < -0.4 is 0 Å². The second-order valence-electron chi connectivity index (χ2n) is 4.84. The number of halogens is 2. The molecule has 1 N–H and O–H groups in total. The van der Waals surface area contributed by atoms with E-state index in [9.17, 15) is 9.90 Å². The molecule has 1 aromatic rings. The molecule has 98 valence electrons. The molecule has 0 saturated carbocycles. The van der Waals surface area contributed by atoms with Crippen molar-refractivity contribution < 1.29 is 9.90 Å². The molecule has 1 heterocycles. The van der Waals surface area contributed by atoms with Crippen molar-refractivity contribution in [1.29, 1.82) is 0 Å². The van der Waals surface area contributed by atoms with E-state index < -0.39 is 11.5 Å². The van der Waals surface area contributed by atoms with E-state index in [1.54, 1.807) is 6.92 Å². The van der Waals surface area contributed by atoms with E-state index in [2.05, 4.69) is 15.9 Å².